The van der Waals surface area contributed by atoms with Gasteiger partial charge in [0.1, 0.15) is 17.2 Å². The predicted molar refractivity (Wildman–Crippen MR) is 69.1 cm³/mol. The van der Waals surface area contributed by atoms with E-state index in [1.165, 1.54) is 0 Å². The van der Waals surface area contributed by atoms with Crippen molar-refractivity contribution < 1.29 is 9.84 Å². The lowest BCUT2D eigenvalue weighted by atomic mass is 10.3. The summed E-state index contributed by atoms with van der Waals surface area (Å²) in [5.41, 5.74) is 0. The summed E-state index contributed by atoms with van der Waals surface area (Å²) in [5.74, 6) is 1.23. The summed E-state index contributed by atoms with van der Waals surface area (Å²) in [7, 11) is 0. The molecular formula is C12H10O2S2. The number of rotatable bonds is 2. The first-order valence-corrected chi connectivity index (χ1v) is 5.54. The van der Waals surface area contributed by atoms with Crippen molar-refractivity contribution in [2.45, 2.75) is 9.79 Å². The smallest absolute Gasteiger partial charge is 0.144 e. The van der Waals surface area contributed by atoms with Gasteiger partial charge in [0.2, 0.25) is 0 Å². The van der Waals surface area contributed by atoms with Crippen LogP contribution in [0, 0.1) is 0 Å². The largest absolute Gasteiger partial charge is 0.507 e. The van der Waals surface area contributed by atoms with Gasteiger partial charge in [0.05, 0.1) is 4.90 Å². The lowest BCUT2D eigenvalue weighted by Gasteiger charge is -2.10. The summed E-state index contributed by atoms with van der Waals surface area (Å²) >= 11 is 8.45. The lowest BCUT2D eigenvalue weighted by Crippen LogP contribution is -1.86. The molecule has 0 atom stereocenters. The third-order valence-electron chi connectivity index (χ3n) is 2.06. The van der Waals surface area contributed by atoms with Gasteiger partial charge in [-0.3, -0.25) is 0 Å². The molecule has 2 aromatic rings. The third kappa shape index (κ3) is 2.28. The highest BCUT2D eigenvalue weighted by molar-refractivity contribution is 7.80. The van der Waals surface area contributed by atoms with Gasteiger partial charge in [-0.05, 0) is 24.3 Å². The van der Waals surface area contributed by atoms with E-state index in [4.69, 9.17) is 4.74 Å². The van der Waals surface area contributed by atoms with Crippen LogP contribution >= 0.6 is 25.3 Å². The van der Waals surface area contributed by atoms with E-state index in [9.17, 15) is 5.11 Å². The average Bonchev–Trinajstić information content (AvgIpc) is 2.28. The molecule has 0 bridgehead atoms. The highest BCUT2D eigenvalue weighted by atomic mass is 32.1. The third-order valence-corrected chi connectivity index (χ3v) is 2.88. The molecular weight excluding hydrogens is 240 g/mol. The number of para-hydroxylation sites is 1. The molecule has 0 spiro atoms. The van der Waals surface area contributed by atoms with Crippen molar-refractivity contribution in [3.63, 3.8) is 0 Å². The van der Waals surface area contributed by atoms with Crippen molar-refractivity contribution in [1.29, 1.82) is 0 Å². The van der Waals surface area contributed by atoms with Crippen molar-refractivity contribution in [2.75, 3.05) is 0 Å². The fourth-order valence-corrected chi connectivity index (χ4v) is 1.66. The van der Waals surface area contributed by atoms with Crippen molar-refractivity contribution >= 4 is 25.3 Å². The molecule has 82 valence electrons. The second kappa shape index (κ2) is 4.72. The molecule has 2 rings (SSSR count). The molecule has 0 aliphatic heterocycles. The van der Waals surface area contributed by atoms with Gasteiger partial charge in [-0.25, -0.2) is 0 Å². The summed E-state index contributed by atoms with van der Waals surface area (Å²) in [5, 5.41) is 9.47. The van der Waals surface area contributed by atoms with Gasteiger partial charge >= 0.3 is 0 Å². The van der Waals surface area contributed by atoms with Crippen LogP contribution in [0.5, 0.6) is 17.2 Å². The topological polar surface area (TPSA) is 29.5 Å². The highest BCUT2D eigenvalue weighted by Gasteiger charge is 2.07. The Hall–Kier alpha value is -1.26. The first kappa shape index (κ1) is 11.2. The zero-order chi connectivity index (χ0) is 11.5. The summed E-state index contributed by atoms with van der Waals surface area (Å²) in [4.78, 5) is 1.15. The number of thiol groups is 2. The maximum atomic E-state index is 9.47. The van der Waals surface area contributed by atoms with E-state index in [0.717, 1.165) is 4.90 Å². The first-order chi connectivity index (χ1) is 7.68. The maximum absolute atomic E-state index is 9.47. The Bertz CT molecular complexity index is 512. The van der Waals surface area contributed by atoms with Crippen molar-refractivity contribution in [3.8, 4) is 17.2 Å². The maximum Gasteiger partial charge on any atom is 0.144 e. The predicted octanol–water partition coefficient (Wildman–Crippen LogP) is 3.76. The van der Waals surface area contributed by atoms with E-state index < -0.39 is 0 Å². The zero-order valence-corrected chi connectivity index (χ0v) is 10.1. The van der Waals surface area contributed by atoms with Crippen LogP contribution in [-0.4, -0.2) is 5.11 Å². The van der Waals surface area contributed by atoms with Gasteiger partial charge in [-0.1, -0.05) is 18.2 Å². The van der Waals surface area contributed by atoms with Crippen molar-refractivity contribution in [3.05, 3.63) is 42.5 Å². The number of hydrogen-bond donors (Lipinski definition) is 3. The SMILES string of the molecule is Oc1cccc(Oc2ccccc2S)c1S. The van der Waals surface area contributed by atoms with Crippen LogP contribution in [0.4, 0.5) is 0 Å². The molecule has 0 unspecified atom stereocenters. The van der Waals surface area contributed by atoms with E-state index in [1.807, 2.05) is 18.2 Å². The molecule has 2 aromatic carbocycles. The Labute approximate surface area is 105 Å². The number of phenolic OH excluding ortho intramolecular Hbond substituents is 1. The summed E-state index contributed by atoms with van der Waals surface area (Å²) in [6, 6.07) is 12.4. The summed E-state index contributed by atoms with van der Waals surface area (Å²) < 4.78 is 5.61. The van der Waals surface area contributed by atoms with E-state index in [-0.39, 0.29) is 5.75 Å². The Morgan fingerprint density at radius 2 is 1.56 bits per heavy atom. The number of hydrogen-bond acceptors (Lipinski definition) is 4. The monoisotopic (exact) mass is 250 g/mol. The summed E-state index contributed by atoms with van der Waals surface area (Å²) in [6.45, 7) is 0. The van der Waals surface area contributed by atoms with Crippen molar-refractivity contribution in [1.82, 2.24) is 0 Å². The minimum atomic E-state index is 0.0949. The quantitative estimate of drug-likeness (QED) is 0.708. The Balaban J connectivity index is 2.35. The van der Waals surface area contributed by atoms with Crippen LogP contribution in [0.15, 0.2) is 52.3 Å². The molecule has 0 fully saturated rings. The van der Waals surface area contributed by atoms with Crippen LogP contribution in [0.3, 0.4) is 0 Å². The molecule has 0 aliphatic carbocycles. The first-order valence-electron chi connectivity index (χ1n) is 4.65. The normalized spacial score (nSPS) is 10.1. The zero-order valence-electron chi connectivity index (χ0n) is 8.29. The van der Waals surface area contributed by atoms with Gasteiger partial charge < -0.3 is 9.84 Å². The lowest BCUT2D eigenvalue weighted by molar-refractivity contribution is 0.429. The molecule has 1 N–H and O–H groups in total. The second-order valence-electron chi connectivity index (χ2n) is 3.19. The van der Waals surface area contributed by atoms with Gasteiger partial charge in [0, 0.05) is 4.90 Å². The molecule has 2 nitrogen and oxygen atoms in total. The fourth-order valence-electron chi connectivity index (χ4n) is 1.26. The van der Waals surface area contributed by atoms with Gasteiger partial charge in [-0.2, -0.15) is 0 Å². The minimum Gasteiger partial charge on any atom is -0.507 e. The Kier molecular flexibility index (Phi) is 3.31. The van der Waals surface area contributed by atoms with E-state index in [1.54, 1.807) is 24.3 Å². The summed E-state index contributed by atoms with van der Waals surface area (Å²) in [6.07, 6.45) is 0. The molecule has 0 aliphatic rings. The molecule has 0 radical (unpaired) electrons. The van der Waals surface area contributed by atoms with E-state index in [2.05, 4.69) is 25.3 Å². The molecule has 0 saturated carbocycles. The van der Waals surface area contributed by atoms with Crippen molar-refractivity contribution in [2.24, 2.45) is 0 Å². The second-order valence-corrected chi connectivity index (χ2v) is 4.12. The van der Waals surface area contributed by atoms with Gasteiger partial charge in [0.15, 0.2) is 0 Å². The fraction of sp³-hybridized carbons (Fsp3) is 0. The number of aromatic hydroxyl groups is 1. The Morgan fingerprint density at radius 3 is 2.31 bits per heavy atom. The van der Waals surface area contributed by atoms with E-state index in [0.29, 0.717) is 16.4 Å². The standard InChI is InChI=1S/C12H10O2S2/c13-8-4-3-6-10(12(8)16)14-9-5-1-2-7-11(9)15/h1-7,13,15-16H. The number of phenols is 1. The molecule has 0 heterocycles. The number of benzene rings is 2. The van der Waals surface area contributed by atoms with Crippen LogP contribution in [0.25, 0.3) is 0 Å². The average molecular weight is 250 g/mol. The Morgan fingerprint density at radius 1 is 0.875 bits per heavy atom. The highest BCUT2D eigenvalue weighted by Crippen LogP contribution is 2.35. The van der Waals surface area contributed by atoms with Gasteiger partial charge in [0.25, 0.3) is 0 Å². The molecule has 0 amide bonds. The van der Waals surface area contributed by atoms with Crippen LogP contribution in [0.1, 0.15) is 0 Å². The molecule has 0 aromatic heterocycles. The minimum absolute atomic E-state index is 0.0949. The molecule has 16 heavy (non-hydrogen) atoms. The molecule has 4 heteroatoms. The molecule has 0 saturated heterocycles. The van der Waals surface area contributed by atoms with Crippen LogP contribution in [0.2, 0.25) is 0 Å². The van der Waals surface area contributed by atoms with Crippen LogP contribution < -0.4 is 4.74 Å². The van der Waals surface area contributed by atoms with Gasteiger partial charge in [-0.15, -0.1) is 25.3 Å². The number of ether oxygens (including phenoxy) is 1. The van der Waals surface area contributed by atoms with Crippen LogP contribution in [-0.2, 0) is 0 Å². The van der Waals surface area contributed by atoms with E-state index >= 15 is 0 Å².